The average molecular weight is 285 g/mol. The molecule has 0 saturated heterocycles. The van der Waals surface area contributed by atoms with Crippen molar-refractivity contribution in [2.75, 3.05) is 24.6 Å². The third-order valence-corrected chi connectivity index (χ3v) is 3.23. The van der Waals surface area contributed by atoms with Crippen molar-refractivity contribution >= 4 is 5.69 Å². The van der Waals surface area contributed by atoms with Gasteiger partial charge in [-0.05, 0) is 43.7 Å². The molecule has 21 heavy (non-hydrogen) atoms. The zero-order valence-electron chi connectivity index (χ0n) is 12.7. The third-order valence-electron chi connectivity index (χ3n) is 3.23. The zero-order chi connectivity index (χ0) is 15.1. The predicted molar refractivity (Wildman–Crippen MR) is 87.0 cm³/mol. The van der Waals surface area contributed by atoms with Crippen molar-refractivity contribution in [3.63, 3.8) is 0 Å². The van der Waals surface area contributed by atoms with Gasteiger partial charge in [-0.2, -0.15) is 0 Å². The monoisotopic (exact) mass is 285 g/mol. The number of para-hydroxylation sites is 1. The Bertz CT molecular complexity index is 540. The Morgan fingerprint density at radius 2 is 1.86 bits per heavy atom. The second kappa shape index (κ2) is 7.70. The molecule has 0 aliphatic heterocycles. The van der Waals surface area contributed by atoms with Crippen LogP contribution in [0.25, 0.3) is 0 Å². The van der Waals surface area contributed by atoms with Crippen molar-refractivity contribution in [3.05, 3.63) is 60.2 Å². The average Bonchev–Trinajstić information content (AvgIpc) is 2.47. The molecule has 0 aliphatic rings. The van der Waals surface area contributed by atoms with Gasteiger partial charge in [-0.1, -0.05) is 30.3 Å². The largest absolute Gasteiger partial charge is 0.492 e. The zero-order valence-corrected chi connectivity index (χ0v) is 12.7. The van der Waals surface area contributed by atoms with Crippen molar-refractivity contribution in [1.82, 2.24) is 0 Å². The van der Waals surface area contributed by atoms with Crippen LogP contribution in [0.1, 0.15) is 12.5 Å². The summed E-state index contributed by atoms with van der Waals surface area (Å²) in [6, 6.07) is 18.1. The molecule has 2 aromatic carbocycles. The Morgan fingerprint density at radius 1 is 1.10 bits per heavy atom. The summed E-state index contributed by atoms with van der Waals surface area (Å²) in [5, 5.41) is 9.65. The van der Waals surface area contributed by atoms with Gasteiger partial charge in [-0.25, -0.2) is 0 Å². The topological polar surface area (TPSA) is 32.7 Å². The van der Waals surface area contributed by atoms with E-state index in [1.807, 2.05) is 36.4 Å². The van der Waals surface area contributed by atoms with E-state index in [-0.39, 0.29) is 6.10 Å². The van der Waals surface area contributed by atoms with Gasteiger partial charge in [0.25, 0.3) is 0 Å². The number of hydrogen-bond donors (Lipinski definition) is 1. The molecular formula is C18H23NO2. The fraction of sp³-hybridized carbons (Fsp3) is 0.333. The summed E-state index contributed by atoms with van der Waals surface area (Å²) in [5.41, 5.74) is 2.29. The molecule has 2 aromatic rings. The van der Waals surface area contributed by atoms with Gasteiger partial charge in [0.05, 0.1) is 12.6 Å². The maximum Gasteiger partial charge on any atom is 0.119 e. The first kappa shape index (κ1) is 15.4. The van der Waals surface area contributed by atoms with Gasteiger partial charge >= 0.3 is 0 Å². The molecule has 1 unspecified atom stereocenters. The van der Waals surface area contributed by atoms with Crippen LogP contribution in [0.3, 0.4) is 0 Å². The quantitative estimate of drug-likeness (QED) is 0.847. The molecule has 0 saturated carbocycles. The molecule has 3 nitrogen and oxygen atoms in total. The number of aryl methyl sites for hydroxylation is 1. The van der Waals surface area contributed by atoms with Gasteiger partial charge in [0.15, 0.2) is 0 Å². The highest BCUT2D eigenvalue weighted by Gasteiger charge is 2.09. The number of ether oxygens (including phenoxy) is 1. The summed E-state index contributed by atoms with van der Waals surface area (Å²) < 4.78 is 5.80. The Kier molecular flexibility index (Phi) is 5.64. The highest BCUT2D eigenvalue weighted by Crippen LogP contribution is 2.15. The lowest BCUT2D eigenvalue weighted by molar-refractivity contribution is 0.197. The highest BCUT2D eigenvalue weighted by atomic mass is 16.5. The van der Waals surface area contributed by atoms with E-state index in [2.05, 4.69) is 30.0 Å². The van der Waals surface area contributed by atoms with E-state index in [1.54, 1.807) is 6.92 Å². The van der Waals surface area contributed by atoms with Crippen LogP contribution in [-0.2, 0) is 0 Å². The number of nitrogens with zero attached hydrogens (tertiary/aromatic N) is 1. The van der Waals surface area contributed by atoms with Crippen LogP contribution >= 0.6 is 0 Å². The summed E-state index contributed by atoms with van der Waals surface area (Å²) in [7, 11) is 0. The highest BCUT2D eigenvalue weighted by molar-refractivity contribution is 5.46. The molecule has 1 N–H and O–H groups in total. The molecule has 1 atom stereocenters. The second-order valence-corrected chi connectivity index (χ2v) is 5.30. The Hall–Kier alpha value is -2.00. The van der Waals surface area contributed by atoms with Gasteiger partial charge in [0.1, 0.15) is 12.4 Å². The number of aliphatic hydroxyl groups is 1. The fourth-order valence-corrected chi connectivity index (χ4v) is 2.26. The van der Waals surface area contributed by atoms with Crippen LogP contribution in [0.15, 0.2) is 54.6 Å². The van der Waals surface area contributed by atoms with Gasteiger partial charge < -0.3 is 14.7 Å². The lowest BCUT2D eigenvalue weighted by Crippen LogP contribution is -2.34. The second-order valence-electron chi connectivity index (χ2n) is 5.30. The lowest BCUT2D eigenvalue weighted by Gasteiger charge is -2.26. The molecule has 2 rings (SSSR count). The standard InChI is InChI=1S/C18H23NO2/c1-15-7-6-10-18(13-15)21-12-11-19(14-16(2)20)17-8-4-3-5-9-17/h3-10,13,16,20H,11-12,14H2,1-2H3. The number of aliphatic hydroxyl groups excluding tert-OH is 1. The number of rotatable bonds is 7. The molecular weight excluding hydrogens is 262 g/mol. The van der Waals surface area contributed by atoms with Crippen molar-refractivity contribution in [2.24, 2.45) is 0 Å². The Morgan fingerprint density at radius 3 is 2.52 bits per heavy atom. The van der Waals surface area contributed by atoms with Crippen LogP contribution in [0, 0.1) is 6.92 Å². The van der Waals surface area contributed by atoms with Crippen molar-refractivity contribution in [3.8, 4) is 5.75 Å². The van der Waals surface area contributed by atoms with Gasteiger partial charge in [0.2, 0.25) is 0 Å². The molecule has 0 spiro atoms. The molecule has 0 fully saturated rings. The van der Waals surface area contributed by atoms with Crippen LogP contribution in [0.5, 0.6) is 5.75 Å². The first-order chi connectivity index (χ1) is 10.1. The summed E-state index contributed by atoms with van der Waals surface area (Å²) in [5.74, 6) is 0.889. The lowest BCUT2D eigenvalue weighted by atomic mass is 10.2. The van der Waals surface area contributed by atoms with Crippen molar-refractivity contribution < 1.29 is 9.84 Å². The maximum atomic E-state index is 9.65. The number of benzene rings is 2. The van der Waals surface area contributed by atoms with Crippen LogP contribution in [0.2, 0.25) is 0 Å². The summed E-state index contributed by atoms with van der Waals surface area (Å²) in [6.07, 6.45) is -0.371. The summed E-state index contributed by atoms with van der Waals surface area (Å²) in [4.78, 5) is 2.14. The van der Waals surface area contributed by atoms with E-state index < -0.39 is 0 Å². The molecule has 0 aliphatic carbocycles. The van der Waals surface area contributed by atoms with E-state index in [1.165, 1.54) is 5.56 Å². The van der Waals surface area contributed by atoms with E-state index in [4.69, 9.17) is 4.74 Å². The summed E-state index contributed by atoms with van der Waals surface area (Å²) in [6.45, 7) is 5.78. The first-order valence-corrected chi connectivity index (χ1v) is 7.32. The molecule has 3 heteroatoms. The fourth-order valence-electron chi connectivity index (χ4n) is 2.26. The van der Waals surface area contributed by atoms with Crippen LogP contribution in [-0.4, -0.2) is 30.9 Å². The number of hydrogen-bond acceptors (Lipinski definition) is 3. The minimum atomic E-state index is -0.371. The Labute approximate surface area is 126 Å². The van der Waals surface area contributed by atoms with E-state index >= 15 is 0 Å². The Balaban J connectivity index is 1.93. The van der Waals surface area contributed by atoms with Gasteiger partial charge in [0, 0.05) is 12.2 Å². The van der Waals surface area contributed by atoms with E-state index in [9.17, 15) is 5.11 Å². The van der Waals surface area contributed by atoms with Gasteiger partial charge in [-0.3, -0.25) is 0 Å². The van der Waals surface area contributed by atoms with E-state index in [0.29, 0.717) is 13.2 Å². The molecule has 0 radical (unpaired) electrons. The van der Waals surface area contributed by atoms with Crippen LogP contribution < -0.4 is 9.64 Å². The van der Waals surface area contributed by atoms with Gasteiger partial charge in [-0.15, -0.1) is 0 Å². The molecule has 0 heterocycles. The predicted octanol–water partition coefficient (Wildman–Crippen LogP) is 3.26. The van der Waals surface area contributed by atoms with Crippen molar-refractivity contribution in [2.45, 2.75) is 20.0 Å². The maximum absolute atomic E-state index is 9.65. The molecule has 0 aromatic heterocycles. The molecule has 0 amide bonds. The minimum Gasteiger partial charge on any atom is -0.492 e. The van der Waals surface area contributed by atoms with E-state index in [0.717, 1.165) is 18.0 Å². The third kappa shape index (κ3) is 5.12. The normalized spacial score (nSPS) is 12.0. The number of anilines is 1. The molecule has 112 valence electrons. The summed E-state index contributed by atoms with van der Waals surface area (Å²) >= 11 is 0. The smallest absolute Gasteiger partial charge is 0.119 e. The first-order valence-electron chi connectivity index (χ1n) is 7.32. The minimum absolute atomic E-state index is 0.371. The SMILES string of the molecule is Cc1cccc(OCCN(CC(C)O)c2ccccc2)c1. The van der Waals surface area contributed by atoms with Crippen molar-refractivity contribution in [1.29, 1.82) is 0 Å². The molecule has 0 bridgehead atoms. The van der Waals surface area contributed by atoms with Crippen LogP contribution in [0.4, 0.5) is 5.69 Å².